The van der Waals surface area contributed by atoms with Crippen LogP contribution in [-0.4, -0.2) is 15.9 Å². The van der Waals surface area contributed by atoms with Crippen LogP contribution in [0.4, 0.5) is 0 Å². The highest BCUT2D eigenvalue weighted by Crippen LogP contribution is 2.33. The van der Waals surface area contributed by atoms with Crippen molar-refractivity contribution < 1.29 is 4.74 Å². The zero-order chi connectivity index (χ0) is 14.8. The third-order valence-corrected chi connectivity index (χ3v) is 3.86. The Morgan fingerprint density at radius 1 is 1.29 bits per heavy atom. The number of hydrogen-bond donors (Lipinski definition) is 1. The number of benzene rings is 1. The maximum atomic E-state index is 6.19. The molecule has 0 aliphatic heterocycles. The Hall–Kier alpha value is -1.56. The lowest BCUT2D eigenvalue weighted by molar-refractivity contribution is 0.459. The molecule has 108 valence electrons. The van der Waals surface area contributed by atoms with Gasteiger partial charge in [0.1, 0.15) is 11.4 Å². The Morgan fingerprint density at radius 2 is 2.14 bits per heavy atom. The molecule has 3 aromatic rings. The molecule has 0 spiro atoms. The third-order valence-electron chi connectivity index (χ3n) is 3.07. The Morgan fingerprint density at radius 3 is 2.90 bits per heavy atom. The van der Waals surface area contributed by atoms with Crippen molar-refractivity contribution >= 4 is 33.2 Å². The number of imidazole rings is 1. The summed E-state index contributed by atoms with van der Waals surface area (Å²) in [6.07, 6.45) is 2.62. The van der Waals surface area contributed by atoms with Gasteiger partial charge in [-0.05, 0) is 36.9 Å². The SMILES string of the molecule is NCCc1c(Oc2ccc(Br)cc2Cl)nc2ccccn12. The van der Waals surface area contributed by atoms with Crippen LogP contribution >= 0.6 is 27.5 Å². The number of hydrogen-bond acceptors (Lipinski definition) is 3. The molecule has 2 heterocycles. The minimum absolute atomic E-state index is 0.521. The molecule has 0 amide bonds. The largest absolute Gasteiger partial charge is 0.436 e. The number of nitrogens with two attached hydrogens (primary N) is 1. The molecule has 0 saturated heterocycles. The molecule has 6 heteroatoms. The van der Waals surface area contributed by atoms with Crippen molar-refractivity contribution in [3.8, 4) is 11.6 Å². The molecule has 2 N–H and O–H groups in total. The predicted molar refractivity (Wildman–Crippen MR) is 87.2 cm³/mol. The van der Waals surface area contributed by atoms with E-state index in [1.807, 2.05) is 40.9 Å². The fraction of sp³-hybridized carbons (Fsp3) is 0.133. The highest BCUT2D eigenvalue weighted by atomic mass is 79.9. The summed E-state index contributed by atoms with van der Waals surface area (Å²) in [5, 5.41) is 0.528. The van der Waals surface area contributed by atoms with Gasteiger partial charge in [0, 0.05) is 17.1 Å². The van der Waals surface area contributed by atoms with E-state index in [9.17, 15) is 0 Å². The first-order valence-corrected chi connectivity index (χ1v) is 7.65. The summed E-state index contributed by atoms with van der Waals surface area (Å²) in [4.78, 5) is 4.50. The summed E-state index contributed by atoms with van der Waals surface area (Å²) in [5.41, 5.74) is 7.45. The number of aromatic nitrogens is 2. The molecule has 0 unspecified atom stereocenters. The Labute approximate surface area is 135 Å². The van der Waals surface area contributed by atoms with Gasteiger partial charge in [-0.3, -0.25) is 0 Å². The topological polar surface area (TPSA) is 52.5 Å². The number of pyridine rings is 1. The van der Waals surface area contributed by atoms with Crippen LogP contribution in [0.5, 0.6) is 11.6 Å². The quantitative estimate of drug-likeness (QED) is 0.758. The first-order valence-electron chi connectivity index (χ1n) is 6.48. The van der Waals surface area contributed by atoms with Crippen LogP contribution in [0.1, 0.15) is 5.69 Å². The van der Waals surface area contributed by atoms with Crippen molar-refractivity contribution in [3.05, 3.63) is 57.8 Å². The lowest BCUT2D eigenvalue weighted by atomic mass is 10.3. The van der Waals surface area contributed by atoms with Crippen molar-refractivity contribution in [2.75, 3.05) is 6.54 Å². The third kappa shape index (κ3) is 2.90. The molecular weight excluding hydrogens is 354 g/mol. The number of halogens is 2. The summed E-state index contributed by atoms with van der Waals surface area (Å²) in [5.74, 6) is 1.11. The summed E-state index contributed by atoms with van der Waals surface area (Å²) in [6, 6.07) is 11.3. The van der Waals surface area contributed by atoms with Gasteiger partial charge < -0.3 is 14.9 Å². The molecule has 0 fully saturated rings. The van der Waals surface area contributed by atoms with E-state index >= 15 is 0 Å². The van der Waals surface area contributed by atoms with Gasteiger partial charge in [-0.2, -0.15) is 4.98 Å². The Balaban J connectivity index is 2.05. The van der Waals surface area contributed by atoms with Gasteiger partial charge in [-0.15, -0.1) is 0 Å². The van der Waals surface area contributed by atoms with Crippen LogP contribution in [0, 0.1) is 0 Å². The van der Waals surface area contributed by atoms with Crippen molar-refractivity contribution in [1.29, 1.82) is 0 Å². The monoisotopic (exact) mass is 365 g/mol. The molecular formula is C15H13BrClN3O. The molecule has 4 nitrogen and oxygen atoms in total. The average Bonchev–Trinajstić information content (AvgIpc) is 2.81. The smallest absolute Gasteiger partial charge is 0.241 e. The lowest BCUT2D eigenvalue weighted by Crippen LogP contribution is -2.06. The second kappa shape index (κ2) is 6.05. The molecule has 0 radical (unpaired) electrons. The molecule has 0 aliphatic rings. The first kappa shape index (κ1) is 14.4. The van der Waals surface area contributed by atoms with Crippen LogP contribution in [0.3, 0.4) is 0 Å². The summed E-state index contributed by atoms with van der Waals surface area (Å²) >= 11 is 9.57. The predicted octanol–water partition coefficient (Wildman–Crippen LogP) is 4.04. The highest BCUT2D eigenvalue weighted by molar-refractivity contribution is 9.10. The zero-order valence-electron chi connectivity index (χ0n) is 11.1. The molecule has 0 aliphatic carbocycles. The van der Waals surface area contributed by atoms with Gasteiger partial charge in [0.15, 0.2) is 0 Å². The molecule has 3 rings (SSSR count). The first-order chi connectivity index (χ1) is 10.2. The molecule has 1 aromatic carbocycles. The van der Waals surface area contributed by atoms with Crippen LogP contribution in [-0.2, 0) is 6.42 Å². The summed E-state index contributed by atoms with van der Waals surface area (Å²) in [6.45, 7) is 0.521. The van der Waals surface area contributed by atoms with E-state index in [-0.39, 0.29) is 0 Å². The molecule has 0 bridgehead atoms. The molecule has 0 atom stereocenters. The van der Waals surface area contributed by atoms with E-state index in [2.05, 4.69) is 20.9 Å². The van der Waals surface area contributed by atoms with Crippen molar-refractivity contribution in [2.45, 2.75) is 6.42 Å². The van der Waals surface area contributed by atoms with Gasteiger partial charge >= 0.3 is 0 Å². The molecule has 2 aromatic heterocycles. The van der Waals surface area contributed by atoms with E-state index in [0.29, 0.717) is 29.6 Å². The Kier molecular flexibility index (Phi) is 4.14. The minimum atomic E-state index is 0.521. The van der Waals surface area contributed by atoms with Crippen molar-refractivity contribution in [1.82, 2.24) is 9.38 Å². The maximum absolute atomic E-state index is 6.19. The van der Waals surface area contributed by atoms with E-state index in [1.165, 1.54) is 0 Å². The van der Waals surface area contributed by atoms with Crippen LogP contribution in [0.25, 0.3) is 5.65 Å². The number of ether oxygens (including phenoxy) is 1. The standard InChI is InChI=1S/C15H13BrClN3O/c16-10-4-5-13(11(17)9-10)21-15-12(6-7-18)20-8-2-1-3-14(20)19-15/h1-5,8-9H,6-7,18H2. The van der Waals surface area contributed by atoms with Gasteiger partial charge in [-0.1, -0.05) is 33.6 Å². The number of nitrogens with zero attached hydrogens (tertiary/aromatic N) is 2. The van der Waals surface area contributed by atoms with E-state index in [4.69, 9.17) is 22.1 Å². The number of fused-ring (bicyclic) bond motifs is 1. The van der Waals surface area contributed by atoms with Crippen molar-refractivity contribution in [3.63, 3.8) is 0 Å². The van der Waals surface area contributed by atoms with Crippen molar-refractivity contribution in [2.24, 2.45) is 5.73 Å². The van der Waals surface area contributed by atoms with Gasteiger partial charge in [0.05, 0.1) is 10.7 Å². The lowest BCUT2D eigenvalue weighted by Gasteiger charge is -2.07. The molecule has 0 saturated carbocycles. The second-order valence-corrected chi connectivity index (χ2v) is 5.83. The zero-order valence-corrected chi connectivity index (χ0v) is 13.4. The van der Waals surface area contributed by atoms with E-state index in [1.54, 1.807) is 6.07 Å². The number of rotatable bonds is 4. The minimum Gasteiger partial charge on any atom is -0.436 e. The van der Waals surface area contributed by atoms with E-state index in [0.717, 1.165) is 15.8 Å². The average molecular weight is 367 g/mol. The van der Waals surface area contributed by atoms with Crippen LogP contribution in [0.15, 0.2) is 47.1 Å². The fourth-order valence-corrected chi connectivity index (χ4v) is 2.84. The highest BCUT2D eigenvalue weighted by Gasteiger charge is 2.14. The summed E-state index contributed by atoms with van der Waals surface area (Å²) < 4.78 is 8.77. The normalized spacial score (nSPS) is 11.0. The van der Waals surface area contributed by atoms with Gasteiger partial charge in [0.2, 0.25) is 5.88 Å². The summed E-state index contributed by atoms with van der Waals surface area (Å²) in [7, 11) is 0. The fourth-order valence-electron chi connectivity index (χ4n) is 2.13. The maximum Gasteiger partial charge on any atom is 0.241 e. The Bertz CT molecular complexity index is 788. The van der Waals surface area contributed by atoms with Gasteiger partial charge in [0.25, 0.3) is 0 Å². The van der Waals surface area contributed by atoms with E-state index < -0.39 is 0 Å². The van der Waals surface area contributed by atoms with Crippen LogP contribution in [0.2, 0.25) is 5.02 Å². The van der Waals surface area contributed by atoms with Gasteiger partial charge in [-0.25, -0.2) is 0 Å². The van der Waals surface area contributed by atoms with Crippen LogP contribution < -0.4 is 10.5 Å². The second-order valence-electron chi connectivity index (χ2n) is 4.51. The molecule has 21 heavy (non-hydrogen) atoms.